The van der Waals surface area contributed by atoms with Crippen LogP contribution in [0.25, 0.3) is 38.8 Å². The monoisotopic (exact) mass is 1130 g/mol. The minimum atomic E-state index is -0.208. The van der Waals surface area contributed by atoms with Crippen LogP contribution in [0.15, 0.2) is 158 Å². The Kier molecular flexibility index (Phi) is 14.3. The molecule has 7 aromatic carbocycles. The van der Waals surface area contributed by atoms with E-state index in [1.807, 2.05) is 24.4 Å². The van der Waals surface area contributed by atoms with E-state index in [-0.39, 0.29) is 44.7 Å². The van der Waals surface area contributed by atoms with Crippen molar-refractivity contribution >= 4 is 44.6 Å². The maximum Gasteiger partial charge on any atom is 4.00 e. The third kappa shape index (κ3) is 9.66. The van der Waals surface area contributed by atoms with Crippen LogP contribution < -0.4 is 14.5 Å². The number of pyridine rings is 1. The first kappa shape index (κ1) is 51.9. The molecule has 0 saturated carbocycles. The van der Waals surface area contributed by atoms with E-state index in [1.165, 1.54) is 49.9 Å². The molecule has 0 saturated heterocycles. The number of nitrogens with zero attached hydrogens (tertiary/aromatic N) is 4. The zero-order chi connectivity index (χ0) is 49.3. The zero-order valence-corrected chi connectivity index (χ0v) is 46.5. The largest absolute Gasteiger partial charge is 4.00 e. The number of benzene rings is 7. The molecule has 368 valence electrons. The third-order valence-electron chi connectivity index (χ3n) is 14.3. The van der Waals surface area contributed by atoms with Gasteiger partial charge in [-0.3, -0.25) is 0 Å². The standard InChI is InChI=1S/C65H65N4O.CH3.Pt/c1-42(2)53-25-18-26-54(43(3)4)62(53)44-27-31-58-60(35-44)68(49-22-16-21-48(36-49)65(11,12)45-19-14-13-15-20-45)41-67(58)50-23-17-24-51(39-50)70-52-29-30-55-56-37-46(63(5,6)7)28-32-57(56)69(59(55)40-52)61-38-47(33-34-66-61)64(8,9)10;;/h13-38,41-43H,1-12H3;1H3;/q-3;-1;+4. The second kappa shape index (κ2) is 19.9. The molecule has 72 heavy (non-hydrogen) atoms. The maximum atomic E-state index is 6.77. The van der Waals surface area contributed by atoms with Crippen molar-refractivity contribution in [1.82, 2.24) is 9.55 Å². The summed E-state index contributed by atoms with van der Waals surface area (Å²) >= 11 is 0. The first-order valence-corrected chi connectivity index (χ1v) is 24.9. The molecule has 6 heteroatoms. The number of anilines is 4. The third-order valence-corrected chi connectivity index (χ3v) is 14.3. The first-order chi connectivity index (χ1) is 33.4. The molecule has 9 aromatic rings. The Labute approximate surface area is 444 Å². The summed E-state index contributed by atoms with van der Waals surface area (Å²) in [6, 6.07) is 62.4. The molecule has 5 nitrogen and oxygen atoms in total. The van der Waals surface area contributed by atoms with E-state index >= 15 is 0 Å². The molecule has 0 unspecified atom stereocenters. The number of fused-ring (bicyclic) bond motifs is 4. The van der Waals surface area contributed by atoms with Gasteiger partial charge in [0.15, 0.2) is 0 Å². The SMILES string of the molecule is CC(C)c1cccc(C(C)C)c1-c1ccc2c(c1)N(c1cccc(C(C)(C)c3ccccc3)c1)[CH-]N2c1[c-]c(Oc2[c-]c3c(cc2)c2cc(C(C)(C)C)ccc2n3-c2cc(C(C)(C)C)ccn2)ccc1.[CH3-].[Pt+4]. The number of ether oxygens (including phenoxy) is 1. The van der Waals surface area contributed by atoms with E-state index in [9.17, 15) is 0 Å². The summed E-state index contributed by atoms with van der Waals surface area (Å²) in [6.07, 6.45) is 1.92. The van der Waals surface area contributed by atoms with E-state index in [0.29, 0.717) is 23.3 Å². The van der Waals surface area contributed by atoms with Gasteiger partial charge in [-0.2, -0.15) is 12.1 Å². The second-order valence-corrected chi connectivity index (χ2v) is 22.3. The van der Waals surface area contributed by atoms with Crippen molar-refractivity contribution in [2.75, 3.05) is 9.80 Å². The minimum absolute atomic E-state index is 0. The van der Waals surface area contributed by atoms with Crippen molar-refractivity contribution in [3.8, 4) is 28.4 Å². The van der Waals surface area contributed by atoms with Crippen LogP contribution in [0, 0.1) is 26.2 Å². The molecule has 0 radical (unpaired) electrons. The van der Waals surface area contributed by atoms with Crippen LogP contribution >= 0.6 is 0 Å². The Hall–Kier alpha value is -6.42. The van der Waals surface area contributed by atoms with Crippen LogP contribution in [0.2, 0.25) is 0 Å². The molecule has 0 spiro atoms. The van der Waals surface area contributed by atoms with E-state index in [2.05, 4.69) is 250 Å². The van der Waals surface area contributed by atoms with Gasteiger partial charge < -0.3 is 26.5 Å². The van der Waals surface area contributed by atoms with Gasteiger partial charge in [-0.25, -0.2) is 4.98 Å². The summed E-state index contributed by atoms with van der Waals surface area (Å²) < 4.78 is 9.01. The Morgan fingerprint density at radius 1 is 0.542 bits per heavy atom. The van der Waals surface area contributed by atoms with Crippen LogP contribution in [-0.4, -0.2) is 9.55 Å². The molecule has 3 heterocycles. The summed E-state index contributed by atoms with van der Waals surface area (Å²) in [7, 11) is 0. The quantitative estimate of drug-likeness (QED) is 0.128. The molecule has 0 fully saturated rings. The Bertz CT molecular complexity index is 3380. The van der Waals surface area contributed by atoms with Gasteiger partial charge >= 0.3 is 21.1 Å². The van der Waals surface area contributed by atoms with Crippen LogP contribution in [0.5, 0.6) is 11.5 Å². The average Bonchev–Trinajstić information content (AvgIpc) is 3.89. The van der Waals surface area contributed by atoms with E-state index in [4.69, 9.17) is 9.72 Å². The average molecular weight is 1130 g/mol. The first-order valence-electron chi connectivity index (χ1n) is 24.9. The zero-order valence-electron chi connectivity index (χ0n) is 44.3. The summed E-state index contributed by atoms with van der Waals surface area (Å²) in [6.45, 7) is 29.5. The number of hydrogen-bond acceptors (Lipinski definition) is 4. The van der Waals surface area contributed by atoms with Crippen LogP contribution in [-0.2, 0) is 37.3 Å². The molecular weight excluding hydrogens is 1060 g/mol. The molecular formula is C66H68N4OPt. The molecule has 0 atom stereocenters. The van der Waals surface area contributed by atoms with Gasteiger partial charge in [0.1, 0.15) is 5.82 Å². The predicted octanol–water partition coefficient (Wildman–Crippen LogP) is 18.3. The van der Waals surface area contributed by atoms with E-state index in [1.54, 1.807) is 0 Å². The molecule has 0 bridgehead atoms. The second-order valence-electron chi connectivity index (χ2n) is 22.3. The molecule has 0 N–H and O–H groups in total. The molecule has 0 amide bonds. The van der Waals surface area contributed by atoms with Crippen molar-refractivity contribution in [3.63, 3.8) is 0 Å². The smallest absolute Gasteiger partial charge is 0.509 e. The predicted molar refractivity (Wildman–Crippen MR) is 300 cm³/mol. The molecule has 1 aliphatic rings. The fourth-order valence-corrected chi connectivity index (χ4v) is 10.1. The van der Waals surface area contributed by atoms with Crippen LogP contribution in [0.3, 0.4) is 0 Å². The number of aromatic nitrogens is 2. The topological polar surface area (TPSA) is 33.5 Å². The molecule has 10 rings (SSSR count). The van der Waals surface area contributed by atoms with Crippen molar-refractivity contribution in [2.45, 2.75) is 111 Å². The van der Waals surface area contributed by atoms with Crippen molar-refractivity contribution in [2.24, 2.45) is 0 Å². The molecule has 0 aliphatic carbocycles. The summed E-state index contributed by atoms with van der Waals surface area (Å²) in [5.74, 6) is 2.80. The summed E-state index contributed by atoms with van der Waals surface area (Å²) in [5, 5.41) is 2.27. The van der Waals surface area contributed by atoms with Gasteiger partial charge in [-0.1, -0.05) is 167 Å². The van der Waals surface area contributed by atoms with Gasteiger partial charge in [0.05, 0.1) is 0 Å². The van der Waals surface area contributed by atoms with Gasteiger partial charge in [0.2, 0.25) is 0 Å². The van der Waals surface area contributed by atoms with Gasteiger partial charge in [0, 0.05) is 45.7 Å². The maximum absolute atomic E-state index is 6.77. The normalized spacial score (nSPS) is 12.9. The van der Waals surface area contributed by atoms with Gasteiger partial charge in [0.25, 0.3) is 0 Å². The molecule has 1 aliphatic heterocycles. The van der Waals surface area contributed by atoms with Crippen molar-refractivity contribution < 1.29 is 25.8 Å². The van der Waals surface area contributed by atoms with Crippen LogP contribution in [0.4, 0.5) is 22.7 Å². The number of rotatable bonds is 10. The van der Waals surface area contributed by atoms with E-state index in [0.717, 1.165) is 45.0 Å². The van der Waals surface area contributed by atoms with Gasteiger partial charge in [-0.05, 0) is 115 Å². The van der Waals surface area contributed by atoms with Crippen molar-refractivity contribution in [1.29, 1.82) is 0 Å². The van der Waals surface area contributed by atoms with E-state index < -0.39 is 0 Å². The fraction of sp³-hybridized carbons (Fsp3) is 0.258. The Morgan fingerprint density at radius 3 is 1.89 bits per heavy atom. The van der Waals surface area contributed by atoms with Gasteiger partial charge in [-0.15, -0.1) is 48.1 Å². The fourth-order valence-electron chi connectivity index (χ4n) is 10.1. The Morgan fingerprint density at radius 2 is 1.19 bits per heavy atom. The Balaban J connectivity index is 0.00000347. The molecule has 2 aromatic heterocycles. The summed E-state index contributed by atoms with van der Waals surface area (Å²) in [4.78, 5) is 9.52. The van der Waals surface area contributed by atoms with Crippen molar-refractivity contribution in [3.05, 3.63) is 217 Å². The summed E-state index contributed by atoms with van der Waals surface area (Å²) in [5.41, 5.74) is 16.2. The number of hydrogen-bond donors (Lipinski definition) is 0. The minimum Gasteiger partial charge on any atom is -0.509 e. The van der Waals surface area contributed by atoms with Crippen LogP contribution in [0.1, 0.15) is 128 Å².